The summed E-state index contributed by atoms with van der Waals surface area (Å²) >= 11 is 3.41. The van der Waals surface area contributed by atoms with Crippen LogP contribution in [0.1, 0.15) is 12.1 Å². The van der Waals surface area contributed by atoms with Crippen LogP contribution in [-0.4, -0.2) is 16.2 Å². The lowest BCUT2D eigenvalue weighted by Crippen LogP contribution is -2.02. The van der Waals surface area contributed by atoms with E-state index in [9.17, 15) is 0 Å². The van der Waals surface area contributed by atoms with Crippen molar-refractivity contribution in [1.29, 1.82) is 0 Å². The number of aromatic nitrogens is 2. The number of halogens is 1. The molecule has 0 saturated heterocycles. The van der Waals surface area contributed by atoms with Crippen LogP contribution in [0.3, 0.4) is 0 Å². The van der Waals surface area contributed by atoms with E-state index in [1.54, 1.807) is 0 Å². The molecule has 4 heteroatoms. The highest BCUT2D eigenvalue weighted by molar-refractivity contribution is 9.10. The monoisotopic (exact) mass is 337 g/mol. The summed E-state index contributed by atoms with van der Waals surface area (Å²) in [6.45, 7) is 0. The largest absolute Gasteiger partial charge is 0.257 e. The predicted molar refractivity (Wildman–Crippen MR) is 89.1 cm³/mol. The maximum atomic E-state index is 4.56. The minimum Gasteiger partial charge on any atom is -0.257 e. The highest BCUT2D eigenvalue weighted by Gasteiger charge is 2.16. The molecule has 4 rings (SSSR count). The molecule has 0 saturated carbocycles. The van der Waals surface area contributed by atoms with Crippen molar-refractivity contribution in [3.05, 3.63) is 52.9 Å². The zero-order valence-corrected chi connectivity index (χ0v) is 12.8. The Balaban J connectivity index is 1.96. The molecule has 2 aromatic carbocycles. The molecule has 3 aromatic rings. The maximum absolute atomic E-state index is 4.56. The molecule has 102 valence electrons. The first-order valence-corrected chi connectivity index (χ1v) is 7.69. The zero-order chi connectivity index (χ0) is 14.2. The lowest BCUT2D eigenvalue weighted by atomic mass is 10.0. The Morgan fingerprint density at radius 3 is 2.71 bits per heavy atom. The highest BCUT2D eigenvalue weighted by Crippen LogP contribution is 2.35. The van der Waals surface area contributed by atoms with Crippen LogP contribution in [0, 0.1) is 0 Å². The van der Waals surface area contributed by atoms with Gasteiger partial charge in [-0.3, -0.25) is 4.99 Å². The van der Waals surface area contributed by atoms with Crippen LogP contribution >= 0.6 is 15.9 Å². The summed E-state index contributed by atoms with van der Waals surface area (Å²) < 4.78 is 0.626. The summed E-state index contributed by atoms with van der Waals surface area (Å²) in [5.74, 6) is 0. The van der Waals surface area contributed by atoms with Crippen molar-refractivity contribution < 1.29 is 0 Å². The van der Waals surface area contributed by atoms with Gasteiger partial charge in [-0.05, 0) is 45.6 Å². The van der Waals surface area contributed by atoms with Crippen molar-refractivity contribution in [3.63, 3.8) is 0 Å². The normalized spacial score (nSPS) is 13.4. The molecule has 1 aliphatic rings. The zero-order valence-electron chi connectivity index (χ0n) is 11.3. The first kappa shape index (κ1) is 12.7. The summed E-state index contributed by atoms with van der Waals surface area (Å²) in [6, 6.07) is 14.7. The molecule has 0 N–H and O–H groups in total. The van der Waals surface area contributed by atoms with E-state index in [2.05, 4.69) is 73.4 Å². The minimum atomic E-state index is 0.626. The van der Waals surface area contributed by atoms with Gasteiger partial charge in [0.05, 0.1) is 5.69 Å². The fraction of sp³-hybridized carbons (Fsp3) is 0.118. The summed E-state index contributed by atoms with van der Waals surface area (Å²) in [5.41, 5.74) is 3.89. The van der Waals surface area contributed by atoms with Gasteiger partial charge in [-0.25, -0.2) is 9.97 Å². The quantitative estimate of drug-likeness (QED) is 0.603. The Labute approximate surface area is 130 Å². The fourth-order valence-corrected chi connectivity index (χ4v) is 3.07. The third-order valence-electron chi connectivity index (χ3n) is 3.68. The van der Waals surface area contributed by atoms with Crippen molar-refractivity contribution in [2.45, 2.75) is 12.8 Å². The number of fused-ring (bicyclic) bond motifs is 2. The summed E-state index contributed by atoms with van der Waals surface area (Å²) in [7, 11) is 0. The molecule has 0 aliphatic carbocycles. The van der Waals surface area contributed by atoms with E-state index in [0.717, 1.165) is 35.5 Å². The molecule has 2 heterocycles. The lowest BCUT2D eigenvalue weighted by molar-refractivity contribution is 0.923. The van der Waals surface area contributed by atoms with Gasteiger partial charge in [0.15, 0.2) is 4.73 Å². The van der Waals surface area contributed by atoms with Crippen LogP contribution < -0.4 is 0 Å². The van der Waals surface area contributed by atoms with Crippen LogP contribution in [0.4, 0.5) is 5.69 Å². The molecule has 0 bridgehead atoms. The van der Waals surface area contributed by atoms with Crippen molar-refractivity contribution in [1.82, 2.24) is 9.97 Å². The Bertz CT molecular complexity index is 871. The molecule has 0 unspecified atom stereocenters. The van der Waals surface area contributed by atoms with Crippen molar-refractivity contribution in [2.75, 3.05) is 0 Å². The van der Waals surface area contributed by atoms with Crippen LogP contribution in [0.25, 0.3) is 22.0 Å². The smallest absolute Gasteiger partial charge is 0.197 e. The number of benzene rings is 2. The first-order chi connectivity index (χ1) is 10.3. The van der Waals surface area contributed by atoms with Gasteiger partial charge < -0.3 is 0 Å². The van der Waals surface area contributed by atoms with E-state index >= 15 is 0 Å². The molecule has 1 aromatic heterocycles. The molecular weight excluding hydrogens is 326 g/mol. The van der Waals surface area contributed by atoms with E-state index < -0.39 is 0 Å². The Hall–Kier alpha value is -2.07. The van der Waals surface area contributed by atoms with Crippen LogP contribution in [0.5, 0.6) is 0 Å². The number of rotatable bonds is 1. The van der Waals surface area contributed by atoms with E-state index in [4.69, 9.17) is 0 Å². The molecule has 0 fully saturated rings. The van der Waals surface area contributed by atoms with Gasteiger partial charge in [-0.1, -0.05) is 36.4 Å². The average Bonchev–Trinajstić information content (AvgIpc) is 2.53. The summed E-state index contributed by atoms with van der Waals surface area (Å²) in [6.07, 6.45) is 3.80. The Morgan fingerprint density at radius 2 is 1.81 bits per heavy atom. The van der Waals surface area contributed by atoms with Gasteiger partial charge >= 0.3 is 0 Å². The minimum absolute atomic E-state index is 0.626. The standard InChI is InChI=1S/C17H12BrN3/c18-17-20-14-6-3-9-19-16(14)15(21-17)13-8-7-11-4-1-2-5-12(11)10-13/h1-2,4-5,7-10H,3,6H2. The van der Waals surface area contributed by atoms with Gasteiger partial charge in [0.25, 0.3) is 0 Å². The van der Waals surface area contributed by atoms with Gasteiger partial charge in [0.1, 0.15) is 11.4 Å². The molecule has 0 spiro atoms. The van der Waals surface area contributed by atoms with E-state index in [1.807, 2.05) is 6.21 Å². The fourth-order valence-electron chi connectivity index (χ4n) is 2.68. The molecular formula is C17H12BrN3. The summed E-state index contributed by atoms with van der Waals surface area (Å²) in [5, 5.41) is 2.44. The van der Waals surface area contributed by atoms with Crippen molar-refractivity contribution in [2.24, 2.45) is 4.99 Å². The van der Waals surface area contributed by atoms with E-state index in [1.165, 1.54) is 10.8 Å². The highest BCUT2D eigenvalue weighted by atomic mass is 79.9. The maximum Gasteiger partial charge on any atom is 0.197 e. The molecule has 0 radical (unpaired) electrons. The van der Waals surface area contributed by atoms with Gasteiger partial charge in [0.2, 0.25) is 0 Å². The second-order valence-electron chi connectivity index (χ2n) is 5.05. The van der Waals surface area contributed by atoms with Crippen molar-refractivity contribution in [3.8, 4) is 11.3 Å². The van der Waals surface area contributed by atoms with E-state index in [-0.39, 0.29) is 0 Å². The first-order valence-electron chi connectivity index (χ1n) is 6.89. The molecule has 3 nitrogen and oxygen atoms in total. The summed E-state index contributed by atoms with van der Waals surface area (Å²) in [4.78, 5) is 13.5. The Kier molecular flexibility index (Phi) is 3.04. The van der Waals surface area contributed by atoms with Crippen LogP contribution in [0.15, 0.2) is 52.2 Å². The molecule has 0 amide bonds. The predicted octanol–water partition coefficient (Wildman–Crippen LogP) is 4.71. The number of aliphatic imine (C=N–C) groups is 1. The second-order valence-corrected chi connectivity index (χ2v) is 5.76. The molecule has 21 heavy (non-hydrogen) atoms. The van der Waals surface area contributed by atoms with Gasteiger partial charge in [-0.15, -0.1) is 0 Å². The van der Waals surface area contributed by atoms with E-state index in [0.29, 0.717) is 4.73 Å². The van der Waals surface area contributed by atoms with Crippen molar-refractivity contribution >= 4 is 38.6 Å². The van der Waals surface area contributed by atoms with Gasteiger partial charge in [-0.2, -0.15) is 0 Å². The van der Waals surface area contributed by atoms with Gasteiger partial charge in [0, 0.05) is 11.8 Å². The number of nitrogens with zero attached hydrogens (tertiary/aromatic N) is 3. The second kappa shape index (κ2) is 5.04. The topological polar surface area (TPSA) is 38.1 Å². The molecule has 0 atom stereocenters. The lowest BCUT2D eigenvalue weighted by Gasteiger charge is -2.13. The number of aryl methyl sites for hydroxylation is 1. The Morgan fingerprint density at radius 1 is 0.952 bits per heavy atom. The third kappa shape index (κ3) is 2.25. The SMILES string of the molecule is Brc1nc2c(c(-c3ccc4ccccc4c3)n1)N=CCC2. The third-order valence-corrected chi connectivity index (χ3v) is 4.04. The van der Waals surface area contributed by atoms with Crippen LogP contribution in [-0.2, 0) is 6.42 Å². The average molecular weight is 338 g/mol. The molecule has 1 aliphatic heterocycles. The number of hydrogen-bond donors (Lipinski definition) is 0. The number of hydrogen-bond acceptors (Lipinski definition) is 3. The van der Waals surface area contributed by atoms with Crippen LogP contribution in [0.2, 0.25) is 0 Å².